The molecule has 1 aromatic rings. The third-order valence-electron chi connectivity index (χ3n) is 4.36. The standard InChI is InChI=1S/C18H27N3O2/c19-18(23)16(13-15-7-3-1-4-8-15)14-17(22)20-9-12-21-10-5-2-6-11-21/h1,3-4,7-8,16H,2,5-6,9-14H2,(H2,19,23)(H,20,22). The maximum absolute atomic E-state index is 12.1. The van der Waals surface area contributed by atoms with Crippen molar-refractivity contribution in [2.75, 3.05) is 26.2 Å². The van der Waals surface area contributed by atoms with Crippen LogP contribution in [0.5, 0.6) is 0 Å². The van der Waals surface area contributed by atoms with Crippen molar-refractivity contribution in [3.8, 4) is 0 Å². The third-order valence-corrected chi connectivity index (χ3v) is 4.36. The number of carbonyl (C=O) groups is 2. The SMILES string of the molecule is NC(=O)C(CC(=O)NCCN1CCCCC1)Cc1ccccc1. The number of benzene rings is 1. The summed E-state index contributed by atoms with van der Waals surface area (Å²) in [5.41, 5.74) is 6.48. The zero-order chi connectivity index (χ0) is 16.5. The van der Waals surface area contributed by atoms with E-state index < -0.39 is 11.8 Å². The molecule has 0 radical (unpaired) electrons. The van der Waals surface area contributed by atoms with Crippen molar-refractivity contribution < 1.29 is 9.59 Å². The summed E-state index contributed by atoms with van der Waals surface area (Å²) in [5, 5.41) is 2.91. The fourth-order valence-electron chi connectivity index (χ4n) is 3.00. The average molecular weight is 317 g/mol. The van der Waals surface area contributed by atoms with E-state index in [1.165, 1.54) is 19.3 Å². The fraction of sp³-hybridized carbons (Fsp3) is 0.556. The van der Waals surface area contributed by atoms with E-state index in [9.17, 15) is 9.59 Å². The lowest BCUT2D eigenvalue weighted by Gasteiger charge is -2.26. The van der Waals surface area contributed by atoms with Crippen LogP contribution in [-0.2, 0) is 16.0 Å². The maximum atomic E-state index is 12.1. The number of primary amides is 1. The molecular weight excluding hydrogens is 290 g/mol. The van der Waals surface area contributed by atoms with Crippen LogP contribution in [-0.4, -0.2) is 42.9 Å². The van der Waals surface area contributed by atoms with Gasteiger partial charge < -0.3 is 16.0 Å². The summed E-state index contributed by atoms with van der Waals surface area (Å²) in [6, 6.07) is 9.67. The maximum Gasteiger partial charge on any atom is 0.221 e. The van der Waals surface area contributed by atoms with Gasteiger partial charge in [0.25, 0.3) is 0 Å². The molecule has 2 rings (SSSR count). The van der Waals surface area contributed by atoms with Crippen LogP contribution in [0.25, 0.3) is 0 Å². The number of likely N-dealkylation sites (tertiary alicyclic amines) is 1. The number of piperidine rings is 1. The largest absolute Gasteiger partial charge is 0.369 e. The Morgan fingerprint density at radius 2 is 1.83 bits per heavy atom. The minimum absolute atomic E-state index is 0.0956. The van der Waals surface area contributed by atoms with Crippen LogP contribution in [0.2, 0.25) is 0 Å². The van der Waals surface area contributed by atoms with E-state index in [-0.39, 0.29) is 12.3 Å². The highest BCUT2D eigenvalue weighted by Gasteiger charge is 2.20. The first-order valence-electron chi connectivity index (χ1n) is 8.47. The van der Waals surface area contributed by atoms with Crippen LogP contribution < -0.4 is 11.1 Å². The first-order chi connectivity index (χ1) is 11.1. The average Bonchev–Trinajstić information content (AvgIpc) is 2.56. The summed E-state index contributed by atoms with van der Waals surface area (Å²) >= 11 is 0. The van der Waals surface area contributed by atoms with Gasteiger partial charge in [0.2, 0.25) is 11.8 Å². The molecule has 1 aliphatic rings. The van der Waals surface area contributed by atoms with Crippen LogP contribution in [0.4, 0.5) is 0 Å². The Morgan fingerprint density at radius 1 is 1.13 bits per heavy atom. The van der Waals surface area contributed by atoms with Gasteiger partial charge in [-0.15, -0.1) is 0 Å². The van der Waals surface area contributed by atoms with Crippen LogP contribution in [0.3, 0.4) is 0 Å². The Bertz CT molecular complexity index is 498. The molecule has 0 spiro atoms. The lowest BCUT2D eigenvalue weighted by molar-refractivity contribution is -0.128. The molecule has 0 aromatic heterocycles. The Morgan fingerprint density at radius 3 is 2.48 bits per heavy atom. The van der Waals surface area contributed by atoms with E-state index in [1.54, 1.807) is 0 Å². The highest BCUT2D eigenvalue weighted by Crippen LogP contribution is 2.12. The van der Waals surface area contributed by atoms with Crippen LogP contribution in [0.15, 0.2) is 30.3 Å². The Labute approximate surface area is 138 Å². The van der Waals surface area contributed by atoms with Gasteiger partial charge in [-0.3, -0.25) is 9.59 Å². The van der Waals surface area contributed by atoms with Crippen molar-refractivity contribution in [2.24, 2.45) is 11.7 Å². The molecule has 1 fully saturated rings. The molecule has 1 saturated heterocycles. The predicted octanol–water partition coefficient (Wildman–Crippen LogP) is 1.32. The summed E-state index contributed by atoms with van der Waals surface area (Å²) < 4.78 is 0. The van der Waals surface area contributed by atoms with Crippen molar-refractivity contribution in [1.82, 2.24) is 10.2 Å². The zero-order valence-corrected chi connectivity index (χ0v) is 13.7. The highest BCUT2D eigenvalue weighted by molar-refractivity contribution is 5.85. The number of rotatable bonds is 8. The predicted molar refractivity (Wildman–Crippen MR) is 90.7 cm³/mol. The van der Waals surface area contributed by atoms with Gasteiger partial charge in [-0.05, 0) is 37.9 Å². The minimum Gasteiger partial charge on any atom is -0.369 e. The summed E-state index contributed by atoms with van der Waals surface area (Å²) in [6.07, 6.45) is 4.46. The van der Waals surface area contributed by atoms with Gasteiger partial charge in [0.1, 0.15) is 0 Å². The molecule has 5 nitrogen and oxygen atoms in total. The van der Waals surface area contributed by atoms with Gasteiger partial charge >= 0.3 is 0 Å². The number of nitrogens with one attached hydrogen (secondary N) is 1. The van der Waals surface area contributed by atoms with E-state index in [2.05, 4.69) is 10.2 Å². The summed E-state index contributed by atoms with van der Waals surface area (Å²) in [5.74, 6) is -0.964. The first kappa shape index (κ1) is 17.5. The molecule has 1 atom stereocenters. The van der Waals surface area contributed by atoms with Crippen molar-refractivity contribution in [3.05, 3.63) is 35.9 Å². The second kappa shape index (κ2) is 9.30. The summed E-state index contributed by atoms with van der Waals surface area (Å²) in [7, 11) is 0. The summed E-state index contributed by atoms with van der Waals surface area (Å²) in [4.78, 5) is 26.0. The molecule has 3 N–H and O–H groups in total. The highest BCUT2D eigenvalue weighted by atomic mass is 16.2. The molecule has 1 unspecified atom stereocenters. The molecule has 0 aliphatic carbocycles. The molecule has 1 heterocycles. The number of hydrogen-bond acceptors (Lipinski definition) is 3. The van der Waals surface area contributed by atoms with Gasteiger partial charge in [0.15, 0.2) is 0 Å². The minimum atomic E-state index is -0.451. The Kier molecular flexibility index (Phi) is 7.07. The van der Waals surface area contributed by atoms with E-state index in [1.807, 2.05) is 30.3 Å². The van der Waals surface area contributed by atoms with Crippen molar-refractivity contribution in [3.63, 3.8) is 0 Å². The van der Waals surface area contributed by atoms with Gasteiger partial charge in [0, 0.05) is 19.5 Å². The van der Waals surface area contributed by atoms with Gasteiger partial charge in [-0.2, -0.15) is 0 Å². The number of carbonyl (C=O) groups excluding carboxylic acids is 2. The third kappa shape index (κ3) is 6.40. The zero-order valence-electron chi connectivity index (χ0n) is 13.7. The first-order valence-corrected chi connectivity index (χ1v) is 8.47. The number of amides is 2. The van der Waals surface area contributed by atoms with E-state index >= 15 is 0 Å². The van der Waals surface area contributed by atoms with Gasteiger partial charge in [-0.25, -0.2) is 0 Å². The molecule has 1 aromatic carbocycles. The number of hydrogen-bond donors (Lipinski definition) is 2. The molecule has 0 bridgehead atoms. The van der Waals surface area contributed by atoms with Gasteiger partial charge in [-0.1, -0.05) is 36.8 Å². The van der Waals surface area contributed by atoms with E-state index in [0.29, 0.717) is 13.0 Å². The molecular formula is C18H27N3O2. The lowest BCUT2D eigenvalue weighted by Crippen LogP contribution is -2.39. The topological polar surface area (TPSA) is 75.4 Å². The fourth-order valence-corrected chi connectivity index (χ4v) is 3.00. The summed E-state index contributed by atoms with van der Waals surface area (Å²) in [6.45, 7) is 3.75. The van der Waals surface area contributed by atoms with Gasteiger partial charge in [0.05, 0.1) is 5.92 Å². The van der Waals surface area contributed by atoms with Crippen LogP contribution in [0, 0.1) is 5.92 Å². The second-order valence-electron chi connectivity index (χ2n) is 6.25. The Balaban J connectivity index is 1.73. The number of nitrogens with two attached hydrogens (primary N) is 1. The number of nitrogens with zero attached hydrogens (tertiary/aromatic N) is 1. The smallest absolute Gasteiger partial charge is 0.221 e. The van der Waals surface area contributed by atoms with Crippen molar-refractivity contribution >= 4 is 11.8 Å². The molecule has 5 heteroatoms. The molecule has 1 aliphatic heterocycles. The molecule has 23 heavy (non-hydrogen) atoms. The molecule has 126 valence electrons. The molecule has 2 amide bonds. The van der Waals surface area contributed by atoms with Crippen LogP contribution >= 0.6 is 0 Å². The molecule has 0 saturated carbocycles. The van der Waals surface area contributed by atoms with E-state index in [4.69, 9.17) is 5.73 Å². The second-order valence-corrected chi connectivity index (χ2v) is 6.25. The van der Waals surface area contributed by atoms with E-state index in [0.717, 1.165) is 25.2 Å². The monoisotopic (exact) mass is 317 g/mol. The van der Waals surface area contributed by atoms with Crippen molar-refractivity contribution in [2.45, 2.75) is 32.1 Å². The van der Waals surface area contributed by atoms with Crippen LogP contribution in [0.1, 0.15) is 31.2 Å². The lowest BCUT2D eigenvalue weighted by atomic mass is 9.95. The quantitative estimate of drug-likeness (QED) is 0.759. The van der Waals surface area contributed by atoms with Crippen molar-refractivity contribution in [1.29, 1.82) is 0 Å². The Hall–Kier alpha value is -1.88. The normalized spacial score (nSPS) is 16.7.